The van der Waals surface area contributed by atoms with Gasteiger partial charge in [0, 0.05) is 75.6 Å². The SMILES string of the molecule is COC1(C)CN(C2CC([C@H](C(C)C)N3CC4(CCN(c5ncnnc5Oc5ccc(F)cc5-c5nnccc5C5CC5)C4)C3)C2)C1. The number of aromatic nitrogens is 5. The van der Waals surface area contributed by atoms with E-state index in [-0.39, 0.29) is 16.8 Å². The van der Waals surface area contributed by atoms with Crippen molar-refractivity contribution in [1.29, 1.82) is 0 Å². The Kier molecular flexibility index (Phi) is 7.49. The summed E-state index contributed by atoms with van der Waals surface area (Å²) in [6.45, 7) is 13.2. The Morgan fingerprint density at radius 2 is 1.80 bits per heavy atom. The number of nitrogens with zero attached hydrogens (tertiary/aromatic N) is 8. The molecule has 0 radical (unpaired) electrons. The first kappa shape index (κ1) is 30.1. The Morgan fingerprint density at radius 1 is 1.00 bits per heavy atom. The van der Waals surface area contributed by atoms with Gasteiger partial charge >= 0.3 is 0 Å². The summed E-state index contributed by atoms with van der Waals surface area (Å²) in [5.41, 5.74) is 2.59. The third-order valence-corrected chi connectivity index (χ3v) is 11.4. The molecule has 0 amide bonds. The van der Waals surface area contributed by atoms with Crippen molar-refractivity contribution in [3.8, 4) is 22.9 Å². The van der Waals surface area contributed by atoms with Crippen LogP contribution in [-0.2, 0) is 4.74 Å². The average Bonchev–Trinajstić information content (AvgIpc) is 3.75. The third-order valence-electron chi connectivity index (χ3n) is 11.4. The minimum Gasteiger partial charge on any atom is -0.434 e. The molecule has 46 heavy (non-hydrogen) atoms. The van der Waals surface area contributed by atoms with E-state index in [1.807, 2.05) is 13.2 Å². The lowest BCUT2D eigenvalue weighted by molar-refractivity contribution is -0.154. The second-order valence-corrected chi connectivity index (χ2v) is 15.2. The van der Waals surface area contributed by atoms with Gasteiger partial charge in [-0.3, -0.25) is 9.80 Å². The highest BCUT2D eigenvalue weighted by atomic mass is 19.1. The highest BCUT2D eigenvalue weighted by molar-refractivity contribution is 5.71. The average molecular weight is 629 g/mol. The summed E-state index contributed by atoms with van der Waals surface area (Å²) in [7, 11) is 1.83. The summed E-state index contributed by atoms with van der Waals surface area (Å²) in [4.78, 5) is 12.3. The summed E-state index contributed by atoms with van der Waals surface area (Å²) in [5.74, 6) is 2.95. The first-order chi connectivity index (χ1) is 22.2. The highest BCUT2D eigenvalue weighted by Gasteiger charge is 2.54. The molecule has 3 aliphatic heterocycles. The smallest absolute Gasteiger partial charge is 0.282 e. The Hall–Kier alpha value is -3.28. The van der Waals surface area contributed by atoms with Crippen LogP contribution in [0.5, 0.6) is 11.6 Å². The van der Waals surface area contributed by atoms with Gasteiger partial charge in [-0.2, -0.15) is 10.2 Å². The normalized spacial score (nSPS) is 26.1. The van der Waals surface area contributed by atoms with Crippen LogP contribution in [0.4, 0.5) is 10.2 Å². The molecule has 2 saturated carbocycles. The van der Waals surface area contributed by atoms with Gasteiger partial charge in [-0.15, -0.1) is 10.2 Å². The second kappa shape index (κ2) is 11.5. The summed E-state index contributed by atoms with van der Waals surface area (Å²) < 4.78 is 26.6. The van der Waals surface area contributed by atoms with E-state index in [9.17, 15) is 4.39 Å². The van der Waals surface area contributed by atoms with E-state index in [0.717, 1.165) is 70.0 Å². The van der Waals surface area contributed by atoms with Gasteiger partial charge in [0.05, 0.1) is 5.60 Å². The number of likely N-dealkylation sites (tertiary alicyclic amines) is 2. The molecule has 5 aliphatic rings. The predicted octanol–water partition coefficient (Wildman–Crippen LogP) is 5.17. The molecule has 5 fully saturated rings. The van der Waals surface area contributed by atoms with E-state index < -0.39 is 0 Å². The zero-order chi connectivity index (χ0) is 31.6. The van der Waals surface area contributed by atoms with Crippen LogP contribution in [0.15, 0.2) is 36.8 Å². The molecule has 2 aromatic heterocycles. The largest absolute Gasteiger partial charge is 0.434 e. The molecule has 8 rings (SSSR count). The molecule has 11 heteroatoms. The van der Waals surface area contributed by atoms with Crippen LogP contribution in [0.3, 0.4) is 0 Å². The fraction of sp³-hybridized carbons (Fsp3) is 0.629. The molecule has 0 N–H and O–H groups in total. The van der Waals surface area contributed by atoms with Crippen molar-refractivity contribution >= 4 is 5.82 Å². The van der Waals surface area contributed by atoms with Crippen LogP contribution in [0.1, 0.15) is 64.4 Å². The van der Waals surface area contributed by atoms with Gasteiger partial charge in [0.1, 0.15) is 23.6 Å². The molecule has 5 heterocycles. The minimum absolute atomic E-state index is 0.0439. The second-order valence-electron chi connectivity index (χ2n) is 15.2. The van der Waals surface area contributed by atoms with Gasteiger partial charge in [-0.1, -0.05) is 13.8 Å². The minimum atomic E-state index is -0.352. The zero-order valence-electron chi connectivity index (χ0n) is 27.4. The van der Waals surface area contributed by atoms with E-state index in [1.165, 1.54) is 31.3 Å². The molecule has 2 aliphatic carbocycles. The summed E-state index contributed by atoms with van der Waals surface area (Å²) in [6.07, 6.45) is 9.09. The molecule has 1 atom stereocenters. The van der Waals surface area contributed by atoms with Crippen molar-refractivity contribution in [2.24, 2.45) is 17.3 Å². The summed E-state index contributed by atoms with van der Waals surface area (Å²) in [6, 6.07) is 7.83. The van der Waals surface area contributed by atoms with Gasteiger partial charge in [0.15, 0.2) is 5.82 Å². The zero-order valence-corrected chi connectivity index (χ0v) is 27.4. The molecule has 0 unspecified atom stereocenters. The molecule has 1 spiro atoms. The van der Waals surface area contributed by atoms with Crippen LogP contribution < -0.4 is 9.64 Å². The molecule has 0 bridgehead atoms. The monoisotopic (exact) mass is 628 g/mol. The number of ether oxygens (including phenoxy) is 2. The lowest BCUT2D eigenvalue weighted by Crippen LogP contribution is -2.69. The van der Waals surface area contributed by atoms with Crippen molar-refractivity contribution in [2.45, 2.75) is 76.5 Å². The van der Waals surface area contributed by atoms with E-state index in [4.69, 9.17) is 9.47 Å². The Labute approximate surface area is 270 Å². The van der Waals surface area contributed by atoms with Crippen LogP contribution in [-0.4, -0.2) is 99.2 Å². The quantitative estimate of drug-likeness (QED) is 0.299. The highest BCUT2D eigenvalue weighted by Crippen LogP contribution is 2.49. The van der Waals surface area contributed by atoms with E-state index >= 15 is 0 Å². The maximum atomic E-state index is 14.5. The third kappa shape index (κ3) is 5.44. The van der Waals surface area contributed by atoms with E-state index in [2.05, 4.69) is 60.8 Å². The van der Waals surface area contributed by atoms with Gasteiger partial charge in [-0.25, -0.2) is 9.37 Å². The van der Waals surface area contributed by atoms with E-state index in [1.54, 1.807) is 12.3 Å². The standard InChI is InChI=1S/C35H45FN8O2/c1-22(2)31(24-13-26(14-24)43-16-34(3,17-43)45-4)44-19-35(20-44)10-12-42(18-35)32-33(41-39-21-37-32)46-29-8-7-25(36)15-28(29)30-27(23-5-6-23)9-11-38-40-30/h7-9,11,15,21-24,26,31H,5-6,10,12-14,16-20H2,1-4H3/t24?,26?,31-/m0/s1. The van der Waals surface area contributed by atoms with Gasteiger partial charge in [0.2, 0.25) is 0 Å². The maximum absolute atomic E-state index is 14.5. The number of anilines is 1. The molecule has 3 aromatic rings. The first-order valence-corrected chi connectivity index (χ1v) is 17.0. The van der Waals surface area contributed by atoms with Gasteiger partial charge in [0.25, 0.3) is 5.88 Å². The van der Waals surface area contributed by atoms with Crippen molar-refractivity contribution < 1.29 is 13.9 Å². The van der Waals surface area contributed by atoms with Gasteiger partial charge < -0.3 is 14.4 Å². The lowest BCUT2D eigenvalue weighted by atomic mass is 9.67. The van der Waals surface area contributed by atoms with Crippen LogP contribution >= 0.6 is 0 Å². The fourth-order valence-corrected chi connectivity index (χ4v) is 8.77. The molecule has 1 aromatic carbocycles. The molecule has 244 valence electrons. The van der Waals surface area contributed by atoms with Crippen LogP contribution in [0, 0.1) is 23.1 Å². The van der Waals surface area contributed by atoms with Crippen LogP contribution in [0.25, 0.3) is 11.3 Å². The topological polar surface area (TPSA) is 92.6 Å². The summed E-state index contributed by atoms with van der Waals surface area (Å²) in [5, 5.41) is 16.9. The van der Waals surface area contributed by atoms with Crippen molar-refractivity contribution in [3.05, 3.63) is 48.2 Å². The van der Waals surface area contributed by atoms with Gasteiger partial charge in [-0.05, 0) is 86.6 Å². The molecular formula is C35H45FN8O2. The van der Waals surface area contributed by atoms with E-state index in [0.29, 0.717) is 52.6 Å². The number of rotatable bonds is 10. The molecule has 3 saturated heterocycles. The predicted molar refractivity (Wildman–Crippen MR) is 172 cm³/mol. The number of hydrogen-bond acceptors (Lipinski definition) is 10. The Bertz CT molecular complexity index is 1580. The first-order valence-electron chi connectivity index (χ1n) is 17.0. The fourth-order valence-electron chi connectivity index (χ4n) is 8.77. The molecule has 10 nitrogen and oxygen atoms in total. The Balaban J connectivity index is 0.941. The number of halogens is 1. The summed E-state index contributed by atoms with van der Waals surface area (Å²) >= 11 is 0. The number of methoxy groups -OCH3 is 1. The maximum Gasteiger partial charge on any atom is 0.282 e. The number of benzene rings is 1. The van der Waals surface area contributed by atoms with Crippen molar-refractivity contribution in [2.75, 3.05) is 51.3 Å². The van der Waals surface area contributed by atoms with Crippen molar-refractivity contribution in [1.82, 2.24) is 35.2 Å². The number of hydrogen-bond donors (Lipinski definition) is 0. The molecular weight excluding hydrogens is 583 g/mol. The van der Waals surface area contributed by atoms with Crippen molar-refractivity contribution in [3.63, 3.8) is 0 Å². The lowest BCUT2D eigenvalue weighted by Gasteiger charge is -2.60. The Morgan fingerprint density at radius 3 is 2.54 bits per heavy atom. The van der Waals surface area contributed by atoms with Crippen LogP contribution in [0.2, 0.25) is 0 Å².